The maximum absolute atomic E-state index is 12.9. The number of thiazole rings is 1. The van der Waals surface area contributed by atoms with E-state index in [1.54, 1.807) is 41.0 Å². The van der Waals surface area contributed by atoms with Crippen molar-refractivity contribution in [1.82, 2.24) is 9.38 Å². The number of rotatable bonds is 5. The molecule has 2 aromatic carbocycles. The van der Waals surface area contributed by atoms with Crippen LogP contribution in [0.25, 0.3) is 16.2 Å². The van der Waals surface area contributed by atoms with E-state index in [9.17, 15) is 9.59 Å². The standard InChI is InChI=1S/C21H17N3O3S/c1-2-27-20(26)15-10-6-7-11-16(15)22-19(25)18-13-28-21-23-17(12-24(18)21)14-8-4-3-5-9-14/h3-13H,2H2,1H3,(H,22,25). The van der Waals surface area contributed by atoms with Gasteiger partial charge in [0.1, 0.15) is 5.69 Å². The number of hydrogen-bond donors (Lipinski definition) is 1. The number of anilines is 1. The summed E-state index contributed by atoms with van der Waals surface area (Å²) in [6.45, 7) is 2.01. The quantitative estimate of drug-likeness (QED) is 0.509. The minimum atomic E-state index is -0.470. The van der Waals surface area contributed by atoms with Gasteiger partial charge in [0, 0.05) is 17.1 Å². The lowest BCUT2D eigenvalue weighted by atomic mass is 10.1. The molecule has 0 aliphatic heterocycles. The fraction of sp³-hybridized carbons (Fsp3) is 0.0952. The molecule has 0 fully saturated rings. The molecule has 2 heterocycles. The molecule has 0 spiro atoms. The molecule has 0 radical (unpaired) electrons. The van der Waals surface area contributed by atoms with E-state index in [1.165, 1.54) is 11.3 Å². The monoisotopic (exact) mass is 391 g/mol. The summed E-state index contributed by atoms with van der Waals surface area (Å²) >= 11 is 1.39. The van der Waals surface area contributed by atoms with Gasteiger partial charge in [-0.3, -0.25) is 9.20 Å². The number of fused-ring (bicyclic) bond motifs is 1. The van der Waals surface area contributed by atoms with Crippen molar-refractivity contribution < 1.29 is 14.3 Å². The number of aromatic nitrogens is 2. The van der Waals surface area contributed by atoms with E-state index in [1.807, 2.05) is 36.5 Å². The lowest BCUT2D eigenvalue weighted by molar-refractivity contribution is 0.0527. The van der Waals surface area contributed by atoms with Crippen LogP contribution in [-0.2, 0) is 4.74 Å². The number of nitrogens with zero attached hydrogens (tertiary/aromatic N) is 2. The molecule has 0 unspecified atom stereocenters. The Kier molecular flexibility index (Phi) is 4.90. The number of carbonyl (C=O) groups excluding carboxylic acids is 2. The van der Waals surface area contributed by atoms with Gasteiger partial charge >= 0.3 is 5.97 Å². The average Bonchev–Trinajstić information content (AvgIpc) is 3.30. The van der Waals surface area contributed by atoms with Crippen molar-refractivity contribution in [2.75, 3.05) is 11.9 Å². The van der Waals surface area contributed by atoms with Crippen molar-refractivity contribution >= 4 is 33.9 Å². The SMILES string of the molecule is CCOC(=O)c1ccccc1NC(=O)c1csc2nc(-c3ccccc3)cn12. The van der Waals surface area contributed by atoms with Gasteiger partial charge in [0.15, 0.2) is 4.96 Å². The second-order valence-electron chi connectivity index (χ2n) is 5.99. The second kappa shape index (κ2) is 7.66. The Balaban J connectivity index is 1.64. The predicted octanol–water partition coefficient (Wildman–Crippen LogP) is 4.49. The van der Waals surface area contributed by atoms with Crippen LogP contribution in [-0.4, -0.2) is 27.9 Å². The van der Waals surface area contributed by atoms with Gasteiger partial charge in [-0.1, -0.05) is 42.5 Å². The molecule has 2 aromatic heterocycles. The summed E-state index contributed by atoms with van der Waals surface area (Å²) in [5.41, 5.74) is 2.97. The van der Waals surface area contributed by atoms with E-state index < -0.39 is 5.97 Å². The summed E-state index contributed by atoms with van der Waals surface area (Å²) in [4.78, 5) is 30.3. The number of amides is 1. The number of esters is 1. The van der Waals surface area contributed by atoms with Crippen molar-refractivity contribution in [2.45, 2.75) is 6.92 Å². The smallest absolute Gasteiger partial charge is 0.340 e. The van der Waals surface area contributed by atoms with Crippen molar-refractivity contribution in [3.05, 3.63) is 77.4 Å². The molecule has 7 heteroatoms. The molecule has 0 saturated heterocycles. The van der Waals surface area contributed by atoms with Gasteiger partial charge in [0.05, 0.1) is 23.6 Å². The van der Waals surface area contributed by atoms with Crippen LogP contribution in [0, 0.1) is 0 Å². The molecule has 0 saturated carbocycles. The van der Waals surface area contributed by atoms with Gasteiger partial charge in [-0.25, -0.2) is 9.78 Å². The van der Waals surface area contributed by atoms with Crippen molar-refractivity contribution in [3.63, 3.8) is 0 Å². The first-order chi connectivity index (χ1) is 13.7. The summed E-state index contributed by atoms with van der Waals surface area (Å²) in [6.07, 6.45) is 1.84. The van der Waals surface area contributed by atoms with E-state index in [0.717, 1.165) is 16.2 Å². The maximum Gasteiger partial charge on any atom is 0.340 e. The van der Waals surface area contributed by atoms with Crippen LogP contribution in [0.15, 0.2) is 66.2 Å². The molecule has 140 valence electrons. The minimum absolute atomic E-state index is 0.267. The van der Waals surface area contributed by atoms with Gasteiger partial charge in [-0.05, 0) is 19.1 Å². The third-order valence-electron chi connectivity index (χ3n) is 4.18. The number of benzene rings is 2. The van der Waals surface area contributed by atoms with E-state index in [4.69, 9.17) is 4.74 Å². The lowest BCUT2D eigenvalue weighted by Gasteiger charge is -2.09. The van der Waals surface area contributed by atoms with E-state index in [0.29, 0.717) is 16.9 Å². The highest BCUT2D eigenvalue weighted by Crippen LogP contribution is 2.24. The van der Waals surface area contributed by atoms with Crippen LogP contribution in [0.5, 0.6) is 0 Å². The first kappa shape index (κ1) is 17.9. The van der Waals surface area contributed by atoms with E-state index in [-0.39, 0.29) is 12.5 Å². The number of ether oxygens (including phenoxy) is 1. The van der Waals surface area contributed by atoms with Crippen LogP contribution < -0.4 is 5.32 Å². The van der Waals surface area contributed by atoms with E-state index in [2.05, 4.69) is 10.3 Å². The summed E-state index contributed by atoms with van der Waals surface area (Å²) in [6, 6.07) is 16.6. The molecule has 4 aromatic rings. The largest absolute Gasteiger partial charge is 0.462 e. The number of carbonyl (C=O) groups is 2. The minimum Gasteiger partial charge on any atom is -0.462 e. The van der Waals surface area contributed by atoms with Crippen LogP contribution in [0.3, 0.4) is 0 Å². The number of nitrogens with one attached hydrogen (secondary N) is 1. The number of hydrogen-bond acceptors (Lipinski definition) is 5. The Morgan fingerprint density at radius 1 is 1.11 bits per heavy atom. The topological polar surface area (TPSA) is 72.7 Å². The third-order valence-corrected chi connectivity index (χ3v) is 5.02. The average molecular weight is 391 g/mol. The van der Waals surface area contributed by atoms with Crippen molar-refractivity contribution in [1.29, 1.82) is 0 Å². The maximum atomic E-state index is 12.9. The van der Waals surface area contributed by atoms with Gasteiger partial charge in [-0.15, -0.1) is 11.3 Å². The molecular formula is C21H17N3O3S. The van der Waals surface area contributed by atoms with E-state index >= 15 is 0 Å². The highest BCUT2D eigenvalue weighted by atomic mass is 32.1. The fourth-order valence-electron chi connectivity index (χ4n) is 2.86. The predicted molar refractivity (Wildman–Crippen MR) is 109 cm³/mol. The van der Waals surface area contributed by atoms with Crippen molar-refractivity contribution in [2.24, 2.45) is 0 Å². The van der Waals surface area contributed by atoms with Gasteiger partial charge in [0.2, 0.25) is 0 Å². The van der Waals surface area contributed by atoms with Crippen LogP contribution >= 0.6 is 11.3 Å². The molecule has 0 aliphatic rings. The molecule has 28 heavy (non-hydrogen) atoms. The van der Waals surface area contributed by atoms with Crippen molar-refractivity contribution in [3.8, 4) is 11.3 Å². The molecule has 4 rings (SSSR count). The first-order valence-corrected chi connectivity index (χ1v) is 9.65. The van der Waals surface area contributed by atoms with Gasteiger partial charge in [-0.2, -0.15) is 0 Å². The zero-order valence-corrected chi connectivity index (χ0v) is 15.9. The number of para-hydroxylation sites is 1. The Bertz CT molecular complexity index is 1150. The molecule has 0 aliphatic carbocycles. The lowest BCUT2D eigenvalue weighted by Crippen LogP contribution is -2.17. The summed E-state index contributed by atoms with van der Waals surface area (Å²) < 4.78 is 6.82. The zero-order chi connectivity index (χ0) is 19.5. The Morgan fingerprint density at radius 3 is 2.64 bits per heavy atom. The Labute approximate surface area is 165 Å². The van der Waals surface area contributed by atoms with Crippen LogP contribution in [0.1, 0.15) is 27.8 Å². The highest BCUT2D eigenvalue weighted by Gasteiger charge is 2.18. The first-order valence-electron chi connectivity index (χ1n) is 8.77. The third kappa shape index (κ3) is 3.39. The van der Waals surface area contributed by atoms with Gasteiger partial charge < -0.3 is 10.1 Å². The van der Waals surface area contributed by atoms with Gasteiger partial charge in [0.25, 0.3) is 5.91 Å². The second-order valence-corrected chi connectivity index (χ2v) is 6.82. The summed E-state index contributed by atoms with van der Waals surface area (Å²) in [5, 5.41) is 4.56. The highest BCUT2D eigenvalue weighted by molar-refractivity contribution is 7.15. The Hall–Kier alpha value is -3.45. The molecule has 1 N–H and O–H groups in total. The van der Waals surface area contributed by atoms with Crippen LogP contribution in [0.2, 0.25) is 0 Å². The molecule has 0 bridgehead atoms. The fourth-order valence-corrected chi connectivity index (χ4v) is 3.71. The Morgan fingerprint density at radius 2 is 1.86 bits per heavy atom. The normalized spacial score (nSPS) is 10.8. The summed E-state index contributed by atoms with van der Waals surface area (Å²) in [7, 11) is 0. The molecular weight excluding hydrogens is 374 g/mol. The number of imidazole rings is 1. The summed E-state index contributed by atoms with van der Waals surface area (Å²) in [5.74, 6) is -0.789. The molecule has 1 amide bonds. The van der Waals surface area contributed by atoms with Crippen LogP contribution in [0.4, 0.5) is 5.69 Å². The molecule has 0 atom stereocenters. The molecule has 6 nitrogen and oxygen atoms in total. The zero-order valence-electron chi connectivity index (χ0n) is 15.1.